The highest BCUT2D eigenvalue weighted by Gasteiger charge is 2.11. The molecule has 0 heterocycles. The number of halogens is 1. The Morgan fingerprint density at radius 1 is 1.31 bits per heavy atom. The smallest absolute Gasteiger partial charge is 0.215 e. The lowest BCUT2D eigenvalue weighted by Crippen LogP contribution is -2.30. The van der Waals surface area contributed by atoms with E-state index in [0.717, 1.165) is 11.1 Å². The molecule has 1 aromatic rings. The zero-order valence-corrected chi connectivity index (χ0v) is 10.8. The first-order valence-corrected chi connectivity index (χ1v) is 6.42. The van der Waals surface area contributed by atoms with E-state index < -0.39 is 10.0 Å². The lowest BCUT2D eigenvalue weighted by atomic mass is 10.1. The highest BCUT2D eigenvalue weighted by molar-refractivity contribution is 7.88. The van der Waals surface area contributed by atoms with Crippen LogP contribution in [-0.2, 0) is 15.8 Å². The Balaban J connectivity index is 0.00000225. The third-order valence-corrected chi connectivity index (χ3v) is 3.41. The number of aryl methyl sites for hydroxylation is 1. The number of nitrogens with two attached hydrogens (primary N) is 1. The molecule has 0 aromatic heterocycles. The van der Waals surface area contributed by atoms with Crippen LogP contribution in [0, 0.1) is 6.92 Å². The van der Waals surface area contributed by atoms with Gasteiger partial charge in [0.05, 0.1) is 5.75 Å². The van der Waals surface area contributed by atoms with Crippen LogP contribution in [0.25, 0.3) is 0 Å². The van der Waals surface area contributed by atoms with E-state index in [1.807, 2.05) is 31.2 Å². The standard InChI is InChI=1S/C10H16N2O2S.ClH/c1-9-4-2-3-5-10(9)8-15(13,14)12-7-6-11;/h2-5,12H,6-8,11H2,1H3;1H. The highest BCUT2D eigenvalue weighted by atomic mass is 35.5. The van der Waals surface area contributed by atoms with Crippen LogP contribution < -0.4 is 10.5 Å². The second kappa shape index (κ2) is 6.85. The molecule has 4 nitrogen and oxygen atoms in total. The van der Waals surface area contributed by atoms with Gasteiger partial charge in [-0.2, -0.15) is 0 Å². The molecule has 0 bridgehead atoms. The van der Waals surface area contributed by atoms with Crippen LogP contribution in [0.15, 0.2) is 24.3 Å². The van der Waals surface area contributed by atoms with Gasteiger partial charge in [-0.05, 0) is 18.1 Å². The Kier molecular flexibility index (Phi) is 6.59. The molecule has 16 heavy (non-hydrogen) atoms. The minimum Gasteiger partial charge on any atom is -0.329 e. The van der Waals surface area contributed by atoms with Gasteiger partial charge in [-0.3, -0.25) is 0 Å². The van der Waals surface area contributed by atoms with Gasteiger partial charge in [0.2, 0.25) is 10.0 Å². The lowest BCUT2D eigenvalue weighted by molar-refractivity contribution is 0.581. The van der Waals surface area contributed by atoms with E-state index in [4.69, 9.17) is 5.73 Å². The van der Waals surface area contributed by atoms with Gasteiger partial charge in [0, 0.05) is 13.1 Å². The first kappa shape index (κ1) is 15.4. The van der Waals surface area contributed by atoms with Crippen LogP contribution in [0.3, 0.4) is 0 Å². The van der Waals surface area contributed by atoms with Crippen LogP contribution in [0.2, 0.25) is 0 Å². The molecule has 92 valence electrons. The number of hydrogen-bond acceptors (Lipinski definition) is 3. The van der Waals surface area contributed by atoms with E-state index in [1.165, 1.54) is 0 Å². The Hall–Kier alpha value is -0.620. The fraction of sp³-hybridized carbons (Fsp3) is 0.400. The molecular weight excluding hydrogens is 248 g/mol. The molecular formula is C10H17ClN2O2S. The zero-order valence-electron chi connectivity index (χ0n) is 9.14. The molecule has 6 heteroatoms. The van der Waals surface area contributed by atoms with Crippen molar-refractivity contribution in [1.29, 1.82) is 0 Å². The molecule has 0 amide bonds. The minimum absolute atomic E-state index is 0. The molecule has 0 radical (unpaired) electrons. The molecule has 0 aliphatic heterocycles. The second-order valence-electron chi connectivity index (χ2n) is 3.37. The number of nitrogens with one attached hydrogen (secondary N) is 1. The maximum Gasteiger partial charge on any atom is 0.215 e. The Morgan fingerprint density at radius 2 is 1.94 bits per heavy atom. The van der Waals surface area contributed by atoms with Crippen LogP contribution in [0.1, 0.15) is 11.1 Å². The van der Waals surface area contributed by atoms with Crippen molar-refractivity contribution in [2.45, 2.75) is 12.7 Å². The predicted molar refractivity (Wildman–Crippen MR) is 68.1 cm³/mol. The summed E-state index contributed by atoms with van der Waals surface area (Å²) >= 11 is 0. The predicted octanol–water partition coefficient (Wildman–Crippen LogP) is 0.795. The number of rotatable bonds is 5. The molecule has 0 atom stereocenters. The SMILES string of the molecule is Cc1ccccc1CS(=O)(=O)NCCN.Cl. The van der Waals surface area contributed by atoms with E-state index in [9.17, 15) is 8.42 Å². The van der Waals surface area contributed by atoms with Crippen molar-refractivity contribution in [3.8, 4) is 0 Å². The largest absolute Gasteiger partial charge is 0.329 e. The molecule has 0 saturated heterocycles. The molecule has 1 aromatic carbocycles. The average molecular weight is 265 g/mol. The molecule has 0 unspecified atom stereocenters. The maximum absolute atomic E-state index is 11.5. The lowest BCUT2D eigenvalue weighted by Gasteiger charge is -2.07. The summed E-state index contributed by atoms with van der Waals surface area (Å²) in [4.78, 5) is 0. The van der Waals surface area contributed by atoms with Gasteiger partial charge in [-0.25, -0.2) is 13.1 Å². The van der Waals surface area contributed by atoms with E-state index in [2.05, 4.69) is 4.72 Å². The van der Waals surface area contributed by atoms with Crippen molar-refractivity contribution >= 4 is 22.4 Å². The van der Waals surface area contributed by atoms with Gasteiger partial charge in [0.1, 0.15) is 0 Å². The summed E-state index contributed by atoms with van der Waals surface area (Å²) in [6, 6.07) is 7.43. The van der Waals surface area contributed by atoms with Crippen molar-refractivity contribution in [3.05, 3.63) is 35.4 Å². The molecule has 3 N–H and O–H groups in total. The highest BCUT2D eigenvalue weighted by Crippen LogP contribution is 2.10. The summed E-state index contributed by atoms with van der Waals surface area (Å²) in [5.41, 5.74) is 7.04. The van der Waals surface area contributed by atoms with Crippen LogP contribution in [-0.4, -0.2) is 21.5 Å². The third-order valence-electron chi connectivity index (χ3n) is 2.07. The average Bonchev–Trinajstić information content (AvgIpc) is 2.18. The van der Waals surface area contributed by atoms with Crippen molar-refractivity contribution in [2.24, 2.45) is 5.73 Å². The Labute approximate surface area is 103 Å². The summed E-state index contributed by atoms with van der Waals surface area (Å²) in [5.74, 6) is 0.0136. The summed E-state index contributed by atoms with van der Waals surface area (Å²) < 4.78 is 25.5. The quantitative estimate of drug-likeness (QED) is 0.826. The fourth-order valence-electron chi connectivity index (χ4n) is 1.24. The van der Waals surface area contributed by atoms with Gasteiger partial charge < -0.3 is 5.73 Å². The first-order chi connectivity index (χ1) is 7.05. The second-order valence-corrected chi connectivity index (χ2v) is 5.18. The summed E-state index contributed by atoms with van der Waals surface area (Å²) in [6.45, 7) is 2.50. The molecule has 0 saturated carbocycles. The Morgan fingerprint density at radius 3 is 2.50 bits per heavy atom. The van der Waals surface area contributed by atoms with Crippen LogP contribution in [0.5, 0.6) is 0 Å². The van der Waals surface area contributed by atoms with E-state index >= 15 is 0 Å². The minimum atomic E-state index is -3.25. The molecule has 0 spiro atoms. The third kappa shape index (κ3) is 4.94. The van der Waals surface area contributed by atoms with E-state index in [0.29, 0.717) is 6.54 Å². The van der Waals surface area contributed by atoms with Crippen molar-refractivity contribution in [1.82, 2.24) is 4.72 Å². The van der Waals surface area contributed by atoms with Gasteiger partial charge in [0.15, 0.2) is 0 Å². The van der Waals surface area contributed by atoms with E-state index in [1.54, 1.807) is 0 Å². The topological polar surface area (TPSA) is 72.2 Å². The summed E-state index contributed by atoms with van der Waals surface area (Å²) in [6.07, 6.45) is 0. The first-order valence-electron chi connectivity index (χ1n) is 4.77. The van der Waals surface area contributed by atoms with Crippen LogP contribution in [0.4, 0.5) is 0 Å². The van der Waals surface area contributed by atoms with Crippen LogP contribution >= 0.6 is 12.4 Å². The monoisotopic (exact) mass is 264 g/mol. The zero-order chi connectivity index (χ0) is 11.3. The summed E-state index contributed by atoms with van der Waals surface area (Å²) in [5, 5.41) is 0. The molecule has 1 rings (SSSR count). The molecule has 0 aliphatic rings. The summed E-state index contributed by atoms with van der Waals surface area (Å²) in [7, 11) is -3.25. The molecule has 0 fully saturated rings. The van der Waals surface area contributed by atoms with Crippen molar-refractivity contribution < 1.29 is 8.42 Å². The van der Waals surface area contributed by atoms with E-state index in [-0.39, 0.29) is 24.7 Å². The van der Waals surface area contributed by atoms with Gasteiger partial charge in [0.25, 0.3) is 0 Å². The number of benzene rings is 1. The fourth-order valence-corrected chi connectivity index (χ4v) is 2.51. The maximum atomic E-state index is 11.5. The normalized spacial score (nSPS) is 10.9. The number of hydrogen-bond donors (Lipinski definition) is 2. The molecule has 0 aliphatic carbocycles. The van der Waals surface area contributed by atoms with Gasteiger partial charge in [-0.1, -0.05) is 24.3 Å². The number of sulfonamides is 1. The Bertz CT molecular complexity index is 421. The van der Waals surface area contributed by atoms with Crippen molar-refractivity contribution in [2.75, 3.05) is 13.1 Å². The van der Waals surface area contributed by atoms with Gasteiger partial charge in [-0.15, -0.1) is 12.4 Å². The van der Waals surface area contributed by atoms with Crippen molar-refractivity contribution in [3.63, 3.8) is 0 Å². The van der Waals surface area contributed by atoms with Gasteiger partial charge >= 0.3 is 0 Å².